The predicted molar refractivity (Wildman–Crippen MR) is 111 cm³/mol. The average Bonchev–Trinajstić information content (AvgIpc) is 3.36. The van der Waals surface area contributed by atoms with Crippen LogP contribution in [0.5, 0.6) is 0 Å². The first-order chi connectivity index (χ1) is 12.9. The lowest BCUT2D eigenvalue weighted by Crippen LogP contribution is -2.26. The lowest BCUT2D eigenvalue weighted by molar-refractivity contribution is 0.0701. The molecule has 138 valence electrons. The Kier molecular flexibility index (Phi) is 5.53. The number of anilines is 1. The van der Waals surface area contributed by atoms with Crippen molar-refractivity contribution < 1.29 is 14.7 Å². The van der Waals surface area contributed by atoms with Crippen LogP contribution in [0.2, 0.25) is 0 Å². The zero-order valence-corrected chi connectivity index (χ0v) is 16.6. The van der Waals surface area contributed by atoms with Gasteiger partial charge in [0.2, 0.25) is 0 Å². The average molecular weight is 399 g/mol. The first-order valence-electron chi connectivity index (χ1n) is 8.24. The number of rotatable bonds is 6. The Balaban J connectivity index is 1.88. The Labute approximate surface area is 165 Å². The number of hydrogen-bond acceptors (Lipinski definition) is 5. The van der Waals surface area contributed by atoms with Crippen molar-refractivity contribution in [2.24, 2.45) is 0 Å². The number of thiazole rings is 1. The fourth-order valence-electron chi connectivity index (χ4n) is 2.60. The van der Waals surface area contributed by atoms with Crippen LogP contribution in [0.25, 0.3) is 16.0 Å². The summed E-state index contributed by atoms with van der Waals surface area (Å²) in [7, 11) is 1.70. The van der Waals surface area contributed by atoms with Crippen molar-refractivity contribution in [3.05, 3.63) is 63.9 Å². The second kappa shape index (κ2) is 7.85. The molecule has 5 nitrogen and oxygen atoms in total. The van der Waals surface area contributed by atoms with Gasteiger partial charge in [-0.2, -0.15) is 0 Å². The lowest BCUT2D eigenvalue weighted by Gasteiger charge is -2.16. The van der Waals surface area contributed by atoms with E-state index >= 15 is 0 Å². The summed E-state index contributed by atoms with van der Waals surface area (Å²) in [6, 6.07) is 9.33. The number of benzene rings is 1. The molecule has 0 unspecified atom stereocenters. The molecule has 0 atom stereocenters. The topological polar surface area (TPSA) is 70.5 Å². The Morgan fingerprint density at radius 3 is 2.52 bits per heavy atom. The van der Waals surface area contributed by atoms with Crippen LogP contribution in [-0.4, -0.2) is 29.0 Å². The number of amides is 1. The first kappa shape index (κ1) is 19.0. The van der Waals surface area contributed by atoms with E-state index in [1.54, 1.807) is 22.8 Å². The molecule has 0 aliphatic carbocycles. The summed E-state index contributed by atoms with van der Waals surface area (Å²) in [5.74, 6) is -1.11. The molecule has 0 aliphatic rings. The molecule has 1 amide bonds. The van der Waals surface area contributed by atoms with Gasteiger partial charge in [0.25, 0.3) is 5.91 Å². The van der Waals surface area contributed by atoms with Crippen LogP contribution in [0.3, 0.4) is 0 Å². The third-order valence-electron chi connectivity index (χ3n) is 4.23. The van der Waals surface area contributed by atoms with Gasteiger partial charge in [-0.15, -0.1) is 22.7 Å². The highest BCUT2D eigenvalue weighted by molar-refractivity contribution is 7.17. The van der Waals surface area contributed by atoms with Gasteiger partial charge in [-0.1, -0.05) is 25.6 Å². The molecule has 0 aliphatic heterocycles. The predicted octanol–water partition coefficient (Wildman–Crippen LogP) is 5.27. The highest BCUT2D eigenvalue weighted by atomic mass is 32.1. The lowest BCUT2D eigenvalue weighted by atomic mass is 10.0. The van der Waals surface area contributed by atoms with Gasteiger partial charge >= 0.3 is 5.97 Å². The largest absolute Gasteiger partial charge is 0.477 e. The second-order valence-corrected chi connectivity index (χ2v) is 7.67. The van der Waals surface area contributed by atoms with Gasteiger partial charge in [-0.3, -0.25) is 4.79 Å². The molecule has 0 spiro atoms. The normalized spacial score (nSPS) is 10.6. The van der Waals surface area contributed by atoms with Crippen LogP contribution in [0.15, 0.2) is 47.8 Å². The smallest absolute Gasteiger partial charge is 0.346 e. The van der Waals surface area contributed by atoms with E-state index in [-0.39, 0.29) is 5.91 Å². The molecule has 2 heterocycles. The van der Waals surface area contributed by atoms with Crippen LogP contribution in [0.1, 0.15) is 39.1 Å². The third-order valence-corrected chi connectivity index (χ3v) is 5.99. The molecule has 0 saturated carbocycles. The van der Waals surface area contributed by atoms with E-state index < -0.39 is 5.97 Å². The third kappa shape index (κ3) is 3.84. The number of hydrogen-bond donors (Lipinski definition) is 1. The first-order valence-corrected chi connectivity index (χ1v) is 10.00. The monoisotopic (exact) mass is 398 g/mol. The van der Waals surface area contributed by atoms with Crippen LogP contribution in [-0.2, 0) is 0 Å². The number of nitrogens with zero attached hydrogens (tertiary/aromatic N) is 2. The van der Waals surface area contributed by atoms with Gasteiger partial charge in [0, 0.05) is 28.6 Å². The molecular weight excluding hydrogens is 380 g/mol. The molecule has 0 bridgehead atoms. The molecule has 3 aromatic rings. The van der Waals surface area contributed by atoms with E-state index in [4.69, 9.17) is 0 Å². The molecule has 2 aromatic heterocycles. The number of aromatic nitrogens is 1. The number of aromatic carboxylic acids is 1. The van der Waals surface area contributed by atoms with Crippen molar-refractivity contribution in [2.45, 2.75) is 13.3 Å². The number of carbonyl (C=O) groups is 2. The van der Waals surface area contributed by atoms with Gasteiger partial charge in [-0.05, 0) is 35.8 Å². The van der Waals surface area contributed by atoms with Gasteiger partial charge in [-0.25, -0.2) is 9.78 Å². The fourth-order valence-corrected chi connectivity index (χ4v) is 4.18. The van der Waals surface area contributed by atoms with Crippen molar-refractivity contribution in [2.75, 3.05) is 11.9 Å². The minimum absolute atomic E-state index is 0.171. The summed E-state index contributed by atoms with van der Waals surface area (Å²) in [5, 5.41) is 11.2. The minimum Gasteiger partial charge on any atom is -0.477 e. The maximum atomic E-state index is 12.4. The molecule has 3 rings (SSSR count). The van der Waals surface area contributed by atoms with Gasteiger partial charge < -0.3 is 10.0 Å². The maximum Gasteiger partial charge on any atom is 0.346 e. The van der Waals surface area contributed by atoms with Crippen LogP contribution < -0.4 is 4.90 Å². The summed E-state index contributed by atoms with van der Waals surface area (Å²) >= 11 is 2.61. The Bertz CT molecular complexity index is 989. The van der Waals surface area contributed by atoms with Gasteiger partial charge in [0.1, 0.15) is 10.6 Å². The molecule has 1 aromatic carbocycles. The van der Waals surface area contributed by atoms with Crippen molar-refractivity contribution in [1.29, 1.82) is 0 Å². The molecule has 1 N–H and O–H groups in total. The number of carbonyl (C=O) groups excluding carboxylic acids is 1. The Morgan fingerprint density at radius 1 is 1.26 bits per heavy atom. The number of carboxylic acids is 1. The molecule has 27 heavy (non-hydrogen) atoms. The van der Waals surface area contributed by atoms with E-state index in [0.717, 1.165) is 21.7 Å². The zero-order chi connectivity index (χ0) is 19.6. The van der Waals surface area contributed by atoms with E-state index in [1.807, 2.05) is 37.3 Å². The molecular formula is C20H18N2O3S2. The highest BCUT2D eigenvalue weighted by Crippen LogP contribution is 2.36. The van der Waals surface area contributed by atoms with E-state index in [0.29, 0.717) is 22.6 Å². The zero-order valence-electron chi connectivity index (χ0n) is 14.9. The fraction of sp³-hybridized carbons (Fsp3) is 0.150. The maximum absolute atomic E-state index is 12.4. The summed E-state index contributed by atoms with van der Waals surface area (Å²) in [4.78, 5) is 30.7. The molecule has 0 radical (unpaired) electrons. The van der Waals surface area contributed by atoms with Gasteiger partial charge in [0.05, 0.1) is 5.51 Å². The van der Waals surface area contributed by atoms with Crippen molar-refractivity contribution >= 4 is 45.8 Å². The Hall–Kier alpha value is -2.77. The summed E-state index contributed by atoms with van der Waals surface area (Å²) < 4.78 is 0. The minimum atomic E-state index is -0.943. The van der Waals surface area contributed by atoms with Crippen molar-refractivity contribution in [3.8, 4) is 10.4 Å². The summed E-state index contributed by atoms with van der Waals surface area (Å²) in [5.41, 5.74) is 5.17. The van der Waals surface area contributed by atoms with E-state index in [9.17, 15) is 14.7 Å². The molecule has 7 heteroatoms. The van der Waals surface area contributed by atoms with Gasteiger partial charge in [0.15, 0.2) is 0 Å². The van der Waals surface area contributed by atoms with Crippen molar-refractivity contribution in [1.82, 2.24) is 4.98 Å². The van der Waals surface area contributed by atoms with Crippen LogP contribution in [0.4, 0.5) is 5.69 Å². The molecule has 0 saturated heterocycles. The Morgan fingerprint density at radius 2 is 1.96 bits per heavy atom. The van der Waals surface area contributed by atoms with E-state index in [2.05, 4.69) is 11.6 Å². The number of thiophene rings is 1. The summed E-state index contributed by atoms with van der Waals surface area (Å²) in [6.45, 7) is 5.92. The molecule has 0 fully saturated rings. The second-order valence-electron chi connectivity index (χ2n) is 5.90. The SMILES string of the molecule is C=C(CC)c1cc(-c2ccc(N(C)C(=O)c3cscn3)cc2)sc1C(=O)O. The number of carboxylic acid groups (broad SMARTS) is 1. The van der Waals surface area contributed by atoms with E-state index in [1.165, 1.54) is 22.7 Å². The number of allylic oxidation sites excluding steroid dienone is 1. The quantitative estimate of drug-likeness (QED) is 0.614. The van der Waals surface area contributed by atoms with Crippen LogP contribution >= 0.6 is 22.7 Å². The summed E-state index contributed by atoms with van der Waals surface area (Å²) in [6.07, 6.45) is 0.693. The standard InChI is InChI=1S/C20H18N2O3S2/c1-4-12(2)15-9-17(27-18(15)20(24)25)13-5-7-14(8-6-13)22(3)19(23)16-10-26-11-21-16/h5-11H,2,4H2,1,3H3,(H,24,25). The van der Waals surface area contributed by atoms with Crippen molar-refractivity contribution in [3.63, 3.8) is 0 Å². The van der Waals surface area contributed by atoms with Crippen LogP contribution in [0, 0.1) is 0 Å². The highest BCUT2D eigenvalue weighted by Gasteiger charge is 2.19.